The first-order chi connectivity index (χ1) is 4.37. The van der Waals surface area contributed by atoms with Crippen LogP contribution in [0.2, 0.25) is 0 Å². The molecule has 52 valence electrons. The van der Waals surface area contributed by atoms with E-state index >= 15 is 0 Å². The van der Waals surface area contributed by atoms with E-state index in [1.165, 1.54) is 43.4 Å². The SMILES string of the molecule is CCC1C[N+]12CCCC2. The Morgan fingerprint density at radius 2 is 2.00 bits per heavy atom. The monoisotopic (exact) mass is 126 g/mol. The van der Waals surface area contributed by atoms with Crippen molar-refractivity contribution >= 4 is 0 Å². The summed E-state index contributed by atoms with van der Waals surface area (Å²) in [5.74, 6) is 0. The van der Waals surface area contributed by atoms with Gasteiger partial charge in [0, 0.05) is 19.3 Å². The summed E-state index contributed by atoms with van der Waals surface area (Å²) >= 11 is 0. The van der Waals surface area contributed by atoms with Crippen LogP contribution in [0.25, 0.3) is 0 Å². The van der Waals surface area contributed by atoms with E-state index in [0.717, 1.165) is 6.04 Å². The highest BCUT2D eigenvalue weighted by atomic mass is 15.5. The van der Waals surface area contributed by atoms with E-state index in [1.54, 1.807) is 0 Å². The van der Waals surface area contributed by atoms with Crippen molar-refractivity contribution in [3.8, 4) is 0 Å². The maximum atomic E-state index is 2.33. The fourth-order valence-electron chi connectivity index (χ4n) is 2.40. The number of hydrogen-bond acceptors (Lipinski definition) is 0. The lowest BCUT2D eigenvalue weighted by Crippen LogP contribution is -2.23. The van der Waals surface area contributed by atoms with Crippen molar-refractivity contribution in [1.29, 1.82) is 0 Å². The molecule has 0 aromatic rings. The van der Waals surface area contributed by atoms with Gasteiger partial charge in [-0.1, -0.05) is 6.92 Å². The molecule has 0 radical (unpaired) electrons. The summed E-state index contributed by atoms with van der Waals surface area (Å²) in [5.41, 5.74) is 0. The summed E-state index contributed by atoms with van der Waals surface area (Å²) in [7, 11) is 0. The molecule has 1 unspecified atom stereocenters. The minimum atomic E-state index is 1.08. The maximum absolute atomic E-state index is 2.33. The summed E-state index contributed by atoms with van der Waals surface area (Å²) in [4.78, 5) is 0. The van der Waals surface area contributed by atoms with E-state index in [2.05, 4.69) is 6.92 Å². The average molecular weight is 126 g/mol. The second-order valence-corrected chi connectivity index (χ2v) is 3.62. The molecule has 2 fully saturated rings. The smallest absolute Gasteiger partial charge is 0.139 e. The molecule has 1 nitrogen and oxygen atoms in total. The van der Waals surface area contributed by atoms with E-state index in [1.807, 2.05) is 0 Å². The molecule has 0 aliphatic carbocycles. The molecule has 2 heterocycles. The van der Waals surface area contributed by atoms with E-state index < -0.39 is 0 Å². The van der Waals surface area contributed by atoms with Gasteiger partial charge in [0.05, 0.1) is 13.1 Å². The van der Waals surface area contributed by atoms with Crippen LogP contribution < -0.4 is 0 Å². The molecule has 2 aliphatic heterocycles. The third-order valence-electron chi connectivity index (χ3n) is 3.14. The zero-order valence-corrected chi connectivity index (χ0v) is 6.27. The summed E-state index contributed by atoms with van der Waals surface area (Å²) in [5, 5.41) is 0. The molecule has 0 aromatic heterocycles. The molecule has 1 atom stereocenters. The van der Waals surface area contributed by atoms with Gasteiger partial charge in [0.15, 0.2) is 0 Å². The zero-order valence-electron chi connectivity index (χ0n) is 6.27. The number of hydrogen-bond donors (Lipinski definition) is 0. The normalized spacial score (nSPS) is 37.7. The highest BCUT2D eigenvalue weighted by molar-refractivity contribution is 4.76. The average Bonchev–Trinajstić information content (AvgIpc) is 2.30. The van der Waals surface area contributed by atoms with Crippen LogP contribution in [0.3, 0.4) is 0 Å². The van der Waals surface area contributed by atoms with E-state index in [9.17, 15) is 0 Å². The molecule has 2 saturated heterocycles. The van der Waals surface area contributed by atoms with Crippen molar-refractivity contribution in [3.63, 3.8) is 0 Å². The van der Waals surface area contributed by atoms with Gasteiger partial charge in [0.25, 0.3) is 0 Å². The molecular formula is C8H16N+. The van der Waals surface area contributed by atoms with Gasteiger partial charge in [-0.2, -0.15) is 0 Å². The summed E-state index contributed by atoms with van der Waals surface area (Å²) in [6.07, 6.45) is 4.41. The van der Waals surface area contributed by atoms with Gasteiger partial charge < -0.3 is 4.48 Å². The van der Waals surface area contributed by atoms with Crippen molar-refractivity contribution in [2.24, 2.45) is 0 Å². The minimum Gasteiger partial charge on any atom is -0.312 e. The molecule has 2 rings (SSSR count). The Morgan fingerprint density at radius 1 is 1.33 bits per heavy atom. The van der Waals surface area contributed by atoms with Crippen LogP contribution in [0.1, 0.15) is 26.2 Å². The Balaban J connectivity index is 1.97. The molecule has 0 amide bonds. The number of rotatable bonds is 1. The van der Waals surface area contributed by atoms with E-state index in [4.69, 9.17) is 0 Å². The predicted molar refractivity (Wildman–Crippen MR) is 38.2 cm³/mol. The second kappa shape index (κ2) is 1.72. The van der Waals surface area contributed by atoms with Crippen molar-refractivity contribution in [1.82, 2.24) is 0 Å². The van der Waals surface area contributed by atoms with Gasteiger partial charge in [-0.15, -0.1) is 0 Å². The fourth-order valence-corrected chi connectivity index (χ4v) is 2.40. The summed E-state index contributed by atoms with van der Waals surface area (Å²) < 4.78 is 1.51. The highest BCUT2D eigenvalue weighted by Gasteiger charge is 2.54. The van der Waals surface area contributed by atoms with Gasteiger partial charge in [0.2, 0.25) is 0 Å². The van der Waals surface area contributed by atoms with Gasteiger partial charge >= 0.3 is 0 Å². The minimum absolute atomic E-state index is 1.08. The van der Waals surface area contributed by atoms with Crippen LogP contribution >= 0.6 is 0 Å². The van der Waals surface area contributed by atoms with E-state index in [0.29, 0.717) is 0 Å². The van der Waals surface area contributed by atoms with Crippen molar-refractivity contribution in [2.45, 2.75) is 32.2 Å². The predicted octanol–water partition coefficient (Wildman–Crippen LogP) is 1.39. The Labute approximate surface area is 57.3 Å². The van der Waals surface area contributed by atoms with Crippen LogP contribution in [0.15, 0.2) is 0 Å². The maximum Gasteiger partial charge on any atom is 0.139 e. The molecule has 0 bridgehead atoms. The standard InChI is InChI=1S/C8H16N/c1-2-8-7-9(8)5-3-4-6-9/h8H,2-7H2,1H3/q+1. The number of quaternary nitrogens is 1. The lowest BCUT2D eigenvalue weighted by Gasteiger charge is -2.10. The van der Waals surface area contributed by atoms with Gasteiger partial charge in [-0.3, -0.25) is 0 Å². The Bertz CT molecular complexity index is 114. The Hall–Kier alpha value is -0.0400. The van der Waals surface area contributed by atoms with Crippen LogP contribution in [0, 0.1) is 0 Å². The molecule has 0 N–H and O–H groups in total. The summed E-state index contributed by atoms with van der Waals surface area (Å²) in [6, 6.07) is 1.08. The van der Waals surface area contributed by atoms with Crippen molar-refractivity contribution in [2.75, 3.05) is 19.6 Å². The first-order valence-corrected chi connectivity index (χ1v) is 4.23. The van der Waals surface area contributed by atoms with Crippen LogP contribution in [0.4, 0.5) is 0 Å². The number of nitrogens with zero attached hydrogens (tertiary/aromatic N) is 1. The van der Waals surface area contributed by atoms with Crippen molar-refractivity contribution < 1.29 is 4.48 Å². The lowest BCUT2D eigenvalue weighted by atomic mass is 10.4. The largest absolute Gasteiger partial charge is 0.312 e. The summed E-state index contributed by atoms with van der Waals surface area (Å²) in [6.45, 7) is 6.84. The third kappa shape index (κ3) is 0.710. The molecule has 0 saturated carbocycles. The molecular weight excluding hydrogens is 110 g/mol. The van der Waals surface area contributed by atoms with Crippen LogP contribution in [0.5, 0.6) is 0 Å². The highest BCUT2D eigenvalue weighted by Crippen LogP contribution is 2.38. The second-order valence-electron chi connectivity index (χ2n) is 3.62. The third-order valence-corrected chi connectivity index (χ3v) is 3.14. The first kappa shape index (κ1) is 5.72. The van der Waals surface area contributed by atoms with Crippen LogP contribution in [-0.4, -0.2) is 30.2 Å². The lowest BCUT2D eigenvalue weighted by molar-refractivity contribution is -0.800. The van der Waals surface area contributed by atoms with Gasteiger partial charge in [-0.05, 0) is 0 Å². The molecule has 1 spiro atoms. The molecule has 9 heavy (non-hydrogen) atoms. The van der Waals surface area contributed by atoms with Crippen LogP contribution in [-0.2, 0) is 0 Å². The Kier molecular flexibility index (Phi) is 1.10. The van der Waals surface area contributed by atoms with E-state index in [-0.39, 0.29) is 0 Å². The van der Waals surface area contributed by atoms with Crippen molar-refractivity contribution in [3.05, 3.63) is 0 Å². The first-order valence-electron chi connectivity index (χ1n) is 4.23. The zero-order chi connectivity index (χ0) is 6.32. The fraction of sp³-hybridized carbons (Fsp3) is 1.00. The molecule has 0 aromatic carbocycles. The van der Waals surface area contributed by atoms with Gasteiger partial charge in [0.1, 0.15) is 12.6 Å². The Morgan fingerprint density at radius 3 is 2.44 bits per heavy atom. The quantitative estimate of drug-likeness (QED) is 0.368. The molecule has 1 heteroatoms. The molecule has 2 aliphatic rings. The van der Waals surface area contributed by atoms with Gasteiger partial charge in [-0.25, -0.2) is 0 Å². The topological polar surface area (TPSA) is 0 Å².